The first-order valence-corrected chi connectivity index (χ1v) is 5.76. The highest BCUT2D eigenvalue weighted by molar-refractivity contribution is 5.76. The molecule has 0 heterocycles. The minimum atomic E-state index is 0.0622. The molecule has 1 amide bonds. The van der Waals surface area contributed by atoms with Crippen molar-refractivity contribution in [2.45, 2.75) is 45.7 Å². The van der Waals surface area contributed by atoms with Gasteiger partial charge in [0.2, 0.25) is 5.91 Å². The maximum atomic E-state index is 11.3. The highest BCUT2D eigenvalue weighted by atomic mass is 16.1. The van der Waals surface area contributed by atoms with E-state index in [9.17, 15) is 4.79 Å². The van der Waals surface area contributed by atoms with Gasteiger partial charge in [0.1, 0.15) is 0 Å². The summed E-state index contributed by atoms with van der Waals surface area (Å²) in [5.74, 6) is 0.0622. The Morgan fingerprint density at radius 3 is 2.40 bits per heavy atom. The van der Waals surface area contributed by atoms with Gasteiger partial charge < -0.3 is 11.1 Å². The Morgan fingerprint density at radius 1 is 1.47 bits per heavy atom. The second-order valence-corrected chi connectivity index (χ2v) is 3.85. The van der Waals surface area contributed by atoms with Crippen LogP contribution in [0.3, 0.4) is 0 Å². The van der Waals surface area contributed by atoms with Crippen molar-refractivity contribution >= 4 is 5.91 Å². The molecule has 0 bridgehead atoms. The standard InChI is InChI=1S/C11H25N3O/c1-5-9(3)14(6-2)10(8-12)7-11(15)13-4/h9-10H,5-8,12H2,1-4H3,(H,13,15). The Kier molecular flexibility index (Phi) is 7.34. The monoisotopic (exact) mass is 215 g/mol. The van der Waals surface area contributed by atoms with Crippen molar-refractivity contribution in [3.05, 3.63) is 0 Å². The van der Waals surface area contributed by atoms with Crippen LogP contribution in [0.1, 0.15) is 33.6 Å². The SMILES string of the molecule is CCC(C)N(CC)C(CN)CC(=O)NC. The molecular weight excluding hydrogens is 190 g/mol. The van der Waals surface area contributed by atoms with E-state index >= 15 is 0 Å². The molecule has 90 valence electrons. The van der Waals surface area contributed by atoms with Crippen LogP contribution in [-0.4, -0.2) is 43.0 Å². The molecule has 4 nitrogen and oxygen atoms in total. The van der Waals surface area contributed by atoms with Crippen LogP contribution >= 0.6 is 0 Å². The Hall–Kier alpha value is -0.610. The van der Waals surface area contributed by atoms with Crippen LogP contribution < -0.4 is 11.1 Å². The van der Waals surface area contributed by atoms with Gasteiger partial charge in [-0.2, -0.15) is 0 Å². The molecule has 15 heavy (non-hydrogen) atoms. The van der Waals surface area contributed by atoms with Gasteiger partial charge in [-0.25, -0.2) is 0 Å². The molecule has 0 aromatic carbocycles. The van der Waals surface area contributed by atoms with E-state index in [1.54, 1.807) is 7.05 Å². The average Bonchev–Trinajstić information content (AvgIpc) is 2.27. The molecule has 0 aromatic rings. The van der Waals surface area contributed by atoms with Gasteiger partial charge in [0, 0.05) is 32.1 Å². The summed E-state index contributed by atoms with van der Waals surface area (Å²) < 4.78 is 0. The summed E-state index contributed by atoms with van der Waals surface area (Å²) in [6.45, 7) is 7.91. The molecule has 0 rings (SSSR count). The smallest absolute Gasteiger partial charge is 0.221 e. The van der Waals surface area contributed by atoms with Crippen molar-refractivity contribution in [3.63, 3.8) is 0 Å². The fourth-order valence-electron chi connectivity index (χ4n) is 1.82. The van der Waals surface area contributed by atoms with Gasteiger partial charge in [-0.15, -0.1) is 0 Å². The van der Waals surface area contributed by atoms with Crippen molar-refractivity contribution in [2.75, 3.05) is 20.1 Å². The van der Waals surface area contributed by atoms with E-state index in [1.165, 1.54) is 0 Å². The van der Waals surface area contributed by atoms with E-state index in [0.29, 0.717) is 19.0 Å². The van der Waals surface area contributed by atoms with E-state index in [1.807, 2.05) is 0 Å². The lowest BCUT2D eigenvalue weighted by atomic mass is 10.1. The molecule has 0 saturated heterocycles. The van der Waals surface area contributed by atoms with E-state index in [4.69, 9.17) is 5.73 Å². The Bertz CT molecular complexity index is 185. The van der Waals surface area contributed by atoms with Gasteiger partial charge in [0.25, 0.3) is 0 Å². The van der Waals surface area contributed by atoms with Crippen molar-refractivity contribution in [3.8, 4) is 0 Å². The predicted molar refractivity (Wildman–Crippen MR) is 63.7 cm³/mol. The van der Waals surface area contributed by atoms with Crippen LogP contribution in [0.25, 0.3) is 0 Å². The summed E-state index contributed by atoms with van der Waals surface area (Å²) >= 11 is 0. The van der Waals surface area contributed by atoms with E-state index in [-0.39, 0.29) is 11.9 Å². The molecule has 2 atom stereocenters. The van der Waals surface area contributed by atoms with Crippen LogP contribution in [0.2, 0.25) is 0 Å². The number of likely N-dealkylation sites (N-methyl/N-ethyl adjacent to an activating group) is 1. The first-order chi connectivity index (χ1) is 7.10. The molecule has 0 aliphatic heterocycles. The van der Waals surface area contributed by atoms with Crippen molar-refractivity contribution in [2.24, 2.45) is 5.73 Å². The zero-order chi connectivity index (χ0) is 11.8. The Balaban J connectivity index is 4.39. The van der Waals surface area contributed by atoms with Gasteiger partial charge in [-0.1, -0.05) is 13.8 Å². The number of carbonyl (C=O) groups excluding carboxylic acids is 1. The van der Waals surface area contributed by atoms with E-state index < -0.39 is 0 Å². The van der Waals surface area contributed by atoms with Crippen molar-refractivity contribution < 1.29 is 4.79 Å². The zero-order valence-electron chi connectivity index (χ0n) is 10.4. The fraction of sp³-hybridized carbons (Fsp3) is 0.909. The molecule has 0 saturated carbocycles. The van der Waals surface area contributed by atoms with E-state index in [2.05, 4.69) is 31.0 Å². The van der Waals surface area contributed by atoms with Gasteiger partial charge in [0.05, 0.1) is 0 Å². The molecule has 3 N–H and O–H groups in total. The molecule has 2 unspecified atom stereocenters. The quantitative estimate of drug-likeness (QED) is 0.653. The fourth-order valence-corrected chi connectivity index (χ4v) is 1.82. The normalized spacial score (nSPS) is 15.1. The number of nitrogens with zero attached hydrogens (tertiary/aromatic N) is 1. The van der Waals surface area contributed by atoms with Crippen molar-refractivity contribution in [1.29, 1.82) is 0 Å². The first-order valence-electron chi connectivity index (χ1n) is 5.76. The molecule has 0 aliphatic carbocycles. The summed E-state index contributed by atoms with van der Waals surface area (Å²) in [6.07, 6.45) is 1.57. The predicted octanol–water partition coefficient (Wildman–Crippen LogP) is 0.570. The molecule has 0 aromatic heterocycles. The number of hydrogen-bond acceptors (Lipinski definition) is 3. The Labute approximate surface area is 93.2 Å². The third-order valence-corrected chi connectivity index (χ3v) is 2.96. The summed E-state index contributed by atoms with van der Waals surface area (Å²) in [7, 11) is 1.66. The highest BCUT2D eigenvalue weighted by Crippen LogP contribution is 2.10. The minimum absolute atomic E-state index is 0.0622. The maximum absolute atomic E-state index is 11.3. The number of hydrogen-bond donors (Lipinski definition) is 2. The Morgan fingerprint density at radius 2 is 2.07 bits per heavy atom. The van der Waals surface area contributed by atoms with Crippen LogP contribution in [-0.2, 0) is 4.79 Å². The van der Waals surface area contributed by atoms with E-state index in [0.717, 1.165) is 13.0 Å². The average molecular weight is 215 g/mol. The molecule has 0 spiro atoms. The van der Waals surface area contributed by atoms with Crippen LogP contribution in [0.5, 0.6) is 0 Å². The summed E-state index contributed by atoms with van der Waals surface area (Å²) in [6, 6.07) is 0.637. The van der Waals surface area contributed by atoms with Gasteiger partial charge in [0.15, 0.2) is 0 Å². The lowest BCUT2D eigenvalue weighted by molar-refractivity contribution is -0.122. The number of amides is 1. The second kappa shape index (κ2) is 7.65. The maximum Gasteiger partial charge on any atom is 0.221 e. The van der Waals surface area contributed by atoms with Crippen molar-refractivity contribution in [1.82, 2.24) is 10.2 Å². The topological polar surface area (TPSA) is 58.4 Å². The first kappa shape index (κ1) is 14.4. The second-order valence-electron chi connectivity index (χ2n) is 3.85. The van der Waals surface area contributed by atoms with Crippen LogP contribution in [0.4, 0.5) is 0 Å². The highest BCUT2D eigenvalue weighted by Gasteiger charge is 2.21. The summed E-state index contributed by atoms with van der Waals surface area (Å²) in [5, 5.41) is 2.64. The van der Waals surface area contributed by atoms with Gasteiger partial charge in [-0.3, -0.25) is 9.69 Å². The van der Waals surface area contributed by atoms with Crippen LogP contribution in [0.15, 0.2) is 0 Å². The summed E-state index contributed by atoms with van der Waals surface area (Å²) in [4.78, 5) is 13.6. The number of carbonyl (C=O) groups is 1. The molecular formula is C11H25N3O. The molecule has 0 radical (unpaired) electrons. The third-order valence-electron chi connectivity index (χ3n) is 2.96. The lowest BCUT2D eigenvalue weighted by Crippen LogP contribution is -2.47. The number of nitrogens with one attached hydrogen (secondary N) is 1. The largest absolute Gasteiger partial charge is 0.359 e. The number of rotatable bonds is 7. The number of nitrogens with two attached hydrogens (primary N) is 1. The molecule has 0 fully saturated rings. The van der Waals surface area contributed by atoms with Gasteiger partial charge >= 0.3 is 0 Å². The third kappa shape index (κ3) is 4.62. The van der Waals surface area contributed by atoms with Gasteiger partial charge in [-0.05, 0) is 19.9 Å². The summed E-state index contributed by atoms with van der Waals surface area (Å²) in [5.41, 5.74) is 5.72. The molecule has 0 aliphatic rings. The lowest BCUT2D eigenvalue weighted by Gasteiger charge is -2.34. The zero-order valence-corrected chi connectivity index (χ0v) is 10.4. The molecule has 4 heteroatoms. The minimum Gasteiger partial charge on any atom is -0.359 e. The van der Waals surface area contributed by atoms with Crippen LogP contribution in [0, 0.1) is 0 Å².